The van der Waals surface area contributed by atoms with Gasteiger partial charge in [0.1, 0.15) is 0 Å². The first kappa shape index (κ1) is 20.7. The van der Waals surface area contributed by atoms with Gasteiger partial charge in [-0.25, -0.2) is 0 Å². The van der Waals surface area contributed by atoms with E-state index in [9.17, 15) is 4.79 Å². The minimum atomic E-state index is -0.163. The minimum absolute atomic E-state index is 0. The van der Waals surface area contributed by atoms with Crippen molar-refractivity contribution < 1.29 is 14.3 Å². The van der Waals surface area contributed by atoms with Crippen LogP contribution in [0.25, 0.3) is 0 Å². The maximum absolute atomic E-state index is 10.9. The molecule has 0 aliphatic heterocycles. The van der Waals surface area contributed by atoms with Crippen LogP contribution in [0.2, 0.25) is 0 Å². The highest BCUT2D eigenvalue weighted by Crippen LogP contribution is 1.97. The summed E-state index contributed by atoms with van der Waals surface area (Å²) in [5, 5.41) is 6.30. The summed E-state index contributed by atoms with van der Waals surface area (Å²) in [7, 11) is 3.07. The average molecular weight is 387 g/mol. The Morgan fingerprint density at radius 1 is 1.21 bits per heavy atom. The van der Waals surface area contributed by atoms with Gasteiger partial charge < -0.3 is 20.1 Å². The number of unbranched alkanes of at least 4 members (excludes halogenated alkanes) is 1. The largest absolute Gasteiger partial charge is 0.469 e. The lowest BCUT2D eigenvalue weighted by Gasteiger charge is -2.10. The zero-order valence-electron chi connectivity index (χ0n) is 12.0. The molecule has 6 nitrogen and oxygen atoms in total. The number of halogens is 1. The summed E-state index contributed by atoms with van der Waals surface area (Å²) in [5.41, 5.74) is 0. The number of methoxy groups -OCH3 is 2. The Morgan fingerprint density at radius 2 is 1.95 bits per heavy atom. The predicted molar refractivity (Wildman–Crippen MR) is 87.1 cm³/mol. The van der Waals surface area contributed by atoms with E-state index >= 15 is 0 Å². The molecule has 0 saturated heterocycles. The molecule has 0 fully saturated rings. The number of ether oxygens (including phenoxy) is 2. The quantitative estimate of drug-likeness (QED) is 0.204. The Hall–Kier alpha value is -0.570. The molecule has 0 saturated carbocycles. The van der Waals surface area contributed by atoms with Gasteiger partial charge in [-0.1, -0.05) is 0 Å². The Kier molecular flexibility index (Phi) is 16.9. The minimum Gasteiger partial charge on any atom is -0.469 e. The Bertz CT molecular complexity index is 250. The molecule has 0 aromatic heterocycles. The van der Waals surface area contributed by atoms with Crippen molar-refractivity contribution in [2.24, 2.45) is 4.99 Å². The maximum atomic E-state index is 10.9. The van der Waals surface area contributed by atoms with E-state index in [4.69, 9.17) is 4.74 Å². The third-order valence-electron chi connectivity index (χ3n) is 2.23. The molecule has 0 aromatic rings. The van der Waals surface area contributed by atoms with Crippen LogP contribution in [0.4, 0.5) is 0 Å². The number of hydrogen-bond donors (Lipinski definition) is 2. The zero-order valence-corrected chi connectivity index (χ0v) is 14.4. The molecule has 2 N–H and O–H groups in total. The van der Waals surface area contributed by atoms with Gasteiger partial charge >= 0.3 is 5.97 Å². The summed E-state index contributed by atoms with van der Waals surface area (Å²) in [6.07, 6.45) is 2.13. The summed E-state index contributed by atoms with van der Waals surface area (Å²) in [6, 6.07) is 0. The van der Waals surface area contributed by atoms with E-state index in [1.54, 1.807) is 7.11 Å². The number of nitrogens with one attached hydrogen (secondary N) is 2. The van der Waals surface area contributed by atoms with E-state index in [0.29, 0.717) is 19.6 Å². The monoisotopic (exact) mass is 387 g/mol. The fourth-order valence-electron chi connectivity index (χ4n) is 1.29. The van der Waals surface area contributed by atoms with E-state index in [0.717, 1.165) is 31.9 Å². The Morgan fingerprint density at radius 3 is 2.53 bits per heavy atom. The lowest BCUT2D eigenvalue weighted by atomic mass is 10.2. The topological polar surface area (TPSA) is 72.0 Å². The molecule has 0 atom stereocenters. The summed E-state index contributed by atoms with van der Waals surface area (Å²) in [5.74, 6) is 0.622. The van der Waals surface area contributed by atoms with E-state index in [2.05, 4.69) is 20.4 Å². The van der Waals surface area contributed by atoms with Gasteiger partial charge in [0.25, 0.3) is 0 Å². The number of aliphatic imine (C=N–C) groups is 1. The van der Waals surface area contributed by atoms with Gasteiger partial charge in [0.2, 0.25) is 0 Å². The summed E-state index contributed by atoms with van der Waals surface area (Å²) in [6.45, 7) is 4.91. The molecule has 0 radical (unpaired) electrons. The molecule has 7 heteroatoms. The molecule has 114 valence electrons. The van der Waals surface area contributed by atoms with Gasteiger partial charge in [0, 0.05) is 33.2 Å². The van der Waals surface area contributed by atoms with Crippen LogP contribution in [-0.4, -0.2) is 52.4 Å². The van der Waals surface area contributed by atoms with Crippen LogP contribution in [0.15, 0.2) is 4.99 Å². The van der Waals surface area contributed by atoms with Crippen molar-refractivity contribution in [2.75, 3.05) is 40.5 Å². The molecule has 0 aromatic carbocycles. The van der Waals surface area contributed by atoms with Gasteiger partial charge in [-0.3, -0.25) is 9.79 Å². The number of carbonyl (C=O) groups is 1. The van der Waals surface area contributed by atoms with Gasteiger partial charge in [0.05, 0.1) is 13.7 Å². The molecule has 0 unspecified atom stereocenters. The third kappa shape index (κ3) is 13.7. The maximum Gasteiger partial charge on any atom is 0.305 e. The molecule has 0 aliphatic rings. The fraction of sp³-hybridized carbons (Fsp3) is 0.833. The number of nitrogens with zero attached hydrogens (tertiary/aromatic N) is 1. The molecule has 0 amide bonds. The van der Waals surface area contributed by atoms with Crippen LogP contribution in [0.5, 0.6) is 0 Å². The van der Waals surface area contributed by atoms with Crippen molar-refractivity contribution >= 4 is 35.9 Å². The SMILES string of the molecule is CCNC(=NCCCCC(=O)OC)NCCOC.I. The highest BCUT2D eigenvalue weighted by molar-refractivity contribution is 14.0. The van der Waals surface area contributed by atoms with Gasteiger partial charge in [-0.15, -0.1) is 24.0 Å². The summed E-state index contributed by atoms with van der Waals surface area (Å²) < 4.78 is 9.52. The number of rotatable bonds is 9. The van der Waals surface area contributed by atoms with E-state index < -0.39 is 0 Å². The summed E-state index contributed by atoms with van der Waals surface area (Å²) >= 11 is 0. The lowest BCUT2D eigenvalue weighted by Crippen LogP contribution is -2.39. The summed E-state index contributed by atoms with van der Waals surface area (Å²) in [4.78, 5) is 15.3. The molecule has 19 heavy (non-hydrogen) atoms. The van der Waals surface area contributed by atoms with E-state index in [1.165, 1.54) is 7.11 Å². The molecule has 0 spiro atoms. The average Bonchev–Trinajstić information content (AvgIpc) is 2.38. The van der Waals surface area contributed by atoms with Crippen molar-refractivity contribution in [2.45, 2.75) is 26.2 Å². The van der Waals surface area contributed by atoms with Crippen LogP contribution in [-0.2, 0) is 14.3 Å². The predicted octanol–water partition coefficient (Wildman–Crippen LogP) is 1.15. The van der Waals surface area contributed by atoms with Crippen molar-refractivity contribution in [3.8, 4) is 0 Å². The first-order valence-corrected chi connectivity index (χ1v) is 6.32. The number of hydrogen-bond acceptors (Lipinski definition) is 4. The van der Waals surface area contributed by atoms with Crippen molar-refractivity contribution in [1.29, 1.82) is 0 Å². The zero-order chi connectivity index (χ0) is 13.6. The van der Waals surface area contributed by atoms with Crippen LogP contribution < -0.4 is 10.6 Å². The normalized spacial score (nSPS) is 10.6. The highest BCUT2D eigenvalue weighted by Gasteiger charge is 1.99. The van der Waals surface area contributed by atoms with Crippen molar-refractivity contribution in [3.05, 3.63) is 0 Å². The lowest BCUT2D eigenvalue weighted by molar-refractivity contribution is -0.140. The Labute approximate surface area is 132 Å². The standard InChI is InChI=1S/C12H25N3O3.HI/c1-4-13-12(15-9-10-17-2)14-8-6-5-7-11(16)18-3;/h4-10H2,1-3H3,(H2,13,14,15);1H. The highest BCUT2D eigenvalue weighted by atomic mass is 127. The van der Waals surface area contributed by atoms with Crippen LogP contribution >= 0.6 is 24.0 Å². The van der Waals surface area contributed by atoms with Crippen LogP contribution in [0, 0.1) is 0 Å². The van der Waals surface area contributed by atoms with Gasteiger partial charge in [-0.05, 0) is 19.8 Å². The van der Waals surface area contributed by atoms with Crippen LogP contribution in [0.3, 0.4) is 0 Å². The fourth-order valence-corrected chi connectivity index (χ4v) is 1.29. The van der Waals surface area contributed by atoms with E-state index in [-0.39, 0.29) is 29.9 Å². The Balaban J connectivity index is 0. The second kappa shape index (κ2) is 15.5. The molecule has 0 aliphatic carbocycles. The number of esters is 1. The second-order valence-corrected chi connectivity index (χ2v) is 3.71. The molecule has 0 heterocycles. The number of guanidine groups is 1. The first-order chi connectivity index (χ1) is 8.74. The number of carbonyl (C=O) groups excluding carboxylic acids is 1. The molecular formula is C12H26IN3O3. The van der Waals surface area contributed by atoms with Crippen molar-refractivity contribution in [3.63, 3.8) is 0 Å². The second-order valence-electron chi connectivity index (χ2n) is 3.71. The van der Waals surface area contributed by atoms with Crippen molar-refractivity contribution in [1.82, 2.24) is 10.6 Å². The van der Waals surface area contributed by atoms with Gasteiger partial charge in [0.15, 0.2) is 5.96 Å². The van der Waals surface area contributed by atoms with Gasteiger partial charge in [-0.2, -0.15) is 0 Å². The molecule has 0 rings (SSSR count). The van der Waals surface area contributed by atoms with E-state index in [1.807, 2.05) is 6.92 Å². The van der Waals surface area contributed by atoms with Crippen LogP contribution in [0.1, 0.15) is 26.2 Å². The smallest absolute Gasteiger partial charge is 0.305 e. The molecular weight excluding hydrogens is 361 g/mol. The third-order valence-corrected chi connectivity index (χ3v) is 2.23. The first-order valence-electron chi connectivity index (χ1n) is 6.32. The molecule has 0 bridgehead atoms.